The zero-order chi connectivity index (χ0) is 61.0. The van der Waals surface area contributed by atoms with Crippen LogP contribution in [0.1, 0.15) is 240 Å². The van der Waals surface area contributed by atoms with E-state index in [9.17, 15) is 9.59 Å². The van der Waals surface area contributed by atoms with E-state index >= 15 is 0 Å². The van der Waals surface area contributed by atoms with Crippen LogP contribution in [-0.2, 0) is 9.59 Å². The molecule has 9 N–H and O–H groups in total. The number of carboxylic acid groups (broad SMARTS) is 1. The quantitative estimate of drug-likeness (QED) is 0.0179. The second kappa shape index (κ2) is 56.8. The van der Waals surface area contributed by atoms with Crippen molar-refractivity contribution in [2.75, 3.05) is 106 Å². The van der Waals surface area contributed by atoms with Crippen LogP contribution in [0.15, 0.2) is 4.99 Å². The molecule has 476 valence electrons. The van der Waals surface area contributed by atoms with Crippen molar-refractivity contribution in [3.63, 3.8) is 0 Å². The summed E-state index contributed by atoms with van der Waals surface area (Å²) >= 11 is 0. The average Bonchev–Trinajstić information content (AvgIpc) is 4.00. The standard InChI is InChI=1S/C15H33N2.2C13H28N2.C9H20N2O.C9H22N2.C7H14O2/c1-7-8-9-14(4)12-16-10-11-17(5,6)15(16)13(2)3;1-5-6-7-12(4)10-15-9-8-14-13(15)11(2)3;1-5-6-7-13(4)11-15-9-8-14-10-12(2)3;1-3-4-5-8(2)9(12)11-7-6-10;1-3-4-5-9(2)8-11-7-6-10;1-3-4-5-6(2)7(8)9/h13-15H,7-12H2,1-6H3;11-14H,5-10H2,1-4H3;10,12-13,15H,5-9,11H2,1-4H3;8H,3-7,10H2,1-2H3,(H,11,12);9,11H,3-8,10H2,1-2H3;6H,3-5H2,1-2H3,(H,8,9)/q+1;;;;;. The third kappa shape index (κ3) is 51.6. The molecule has 2 heterocycles. The number of quaternary nitrogens is 1. The summed E-state index contributed by atoms with van der Waals surface area (Å²) in [7, 11) is 4.78. The van der Waals surface area contributed by atoms with Crippen molar-refractivity contribution < 1.29 is 19.2 Å². The molecule has 0 radical (unpaired) electrons. The lowest BCUT2D eigenvalue weighted by molar-refractivity contribution is -0.911. The molecule has 2 aliphatic rings. The Bertz CT molecular complexity index is 1340. The SMILES string of the molecule is CCCCC(C)C(=O)NCCN.CCCCC(C)C(=O)O.CCCCC(C)CN1CCNC1C(C)C.CCCCC(C)CN1CC[N+](C)(C)C1C(C)C.CCCCC(C)CNCCN.CCCCC(C)CNCCN=CC(C)C. The number of unbranched alkanes of at least 4 members (excludes halogenated alkanes) is 6. The van der Waals surface area contributed by atoms with E-state index in [2.05, 4.69) is 161 Å². The Kier molecular flexibility index (Phi) is 60.2. The van der Waals surface area contributed by atoms with Crippen LogP contribution in [0.5, 0.6) is 0 Å². The molecule has 0 aliphatic carbocycles. The Morgan fingerprint density at radius 2 is 1.03 bits per heavy atom. The fourth-order valence-electron chi connectivity index (χ4n) is 10.3. The summed E-state index contributed by atoms with van der Waals surface area (Å²) in [5, 5.41) is 21.6. The molecule has 0 spiro atoms. The van der Waals surface area contributed by atoms with Crippen molar-refractivity contribution in [1.82, 2.24) is 31.1 Å². The van der Waals surface area contributed by atoms with E-state index in [0.29, 0.717) is 25.2 Å². The Morgan fingerprint density at radius 1 is 0.595 bits per heavy atom. The van der Waals surface area contributed by atoms with Gasteiger partial charge in [-0.25, -0.2) is 4.90 Å². The number of hydrogen-bond acceptors (Lipinski definition) is 10. The number of likely N-dealkylation sites (N-methyl/N-ethyl adjacent to an activating group) is 1. The molecule has 0 aromatic rings. The van der Waals surface area contributed by atoms with Crippen molar-refractivity contribution in [3.05, 3.63) is 0 Å². The molecular weight excluding hydrogens is 981 g/mol. The maximum atomic E-state index is 11.2. The number of nitrogens with two attached hydrogens (primary N) is 2. The molecule has 8 unspecified atom stereocenters. The third-order valence-corrected chi connectivity index (χ3v) is 15.1. The summed E-state index contributed by atoms with van der Waals surface area (Å²) in [5.74, 6) is 4.81. The summed E-state index contributed by atoms with van der Waals surface area (Å²) in [4.78, 5) is 31.2. The van der Waals surface area contributed by atoms with Gasteiger partial charge in [-0.1, -0.05) is 202 Å². The van der Waals surface area contributed by atoms with Crippen LogP contribution in [0.4, 0.5) is 0 Å². The number of carbonyl (C=O) groups excluding carboxylic acids is 1. The highest BCUT2D eigenvalue weighted by atomic mass is 16.4. The molecule has 8 atom stereocenters. The molecule has 2 saturated heterocycles. The van der Waals surface area contributed by atoms with Crippen LogP contribution in [0.25, 0.3) is 0 Å². The molecule has 2 aliphatic heterocycles. The highest BCUT2D eigenvalue weighted by Gasteiger charge is 2.42. The third-order valence-electron chi connectivity index (χ3n) is 15.1. The van der Waals surface area contributed by atoms with Crippen molar-refractivity contribution in [2.45, 2.75) is 253 Å². The first-order chi connectivity index (χ1) is 37.4. The summed E-state index contributed by atoms with van der Waals surface area (Å²) in [6.45, 7) is 54.6. The van der Waals surface area contributed by atoms with E-state index in [4.69, 9.17) is 16.6 Å². The van der Waals surface area contributed by atoms with Gasteiger partial charge in [0, 0.05) is 77.0 Å². The minimum atomic E-state index is -0.677. The first-order valence-corrected chi connectivity index (χ1v) is 33.3. The zero-order valence-electron chi connectivity index (χ0n) is 56.8. The predicted octanol–water partition coefficient (Wildman–Crippen LogP) is 13.2. The van der Waals surface area contributed by atoms with E-state index in [1.807, 2.05) is 13.1 Å². The molecule has 2 fully saturated rings. The normalized spacial score (nSPS) is 18.4. The van der Waals surface area contributed by atoms with E-state index < -0.39 is 5.97 Å². The Morgan fingerprint density at radius 3 is 1.44 bits per heavy atom. The zero-order valence-corrected chi connectivity index (χ0v) is 56.8. The number of nitrogens with zero attached hydrogens (tertiary/aromatic N) is 4. The molecule has 0 bridgehead atoms. The minimum Gasteiger partial charge on any atom is -0.481 e. The monoisotopic (exact) mass is 1130 g/mol. The fourth-order valence-corrected chi connectivity index (χ4v) is 10.3. The second-order valence-electron chi connectivity index (χ2n) is 25.8. The smallest absolute Gasteiger partial charge is 0.306 e. The van der Waals surface area contributed by atoms with Crippen LogP contribution in [0.2, 0.25) is 0 Å². The summed E-state index contributed by atoms with van der Waals surface area (Å²) < 4.78 is 1.18. The maximum absolute atomic E-state index is 11.2. The Balaban J connectivity index is -0.000000432. The van der Waals surface area contributed by atoms with Crippen molar-refractivity contribution in [1.29, 1.82) is 0 Å². The number of carbonyl (C=O) groups is 2. The highest BCUT2D eigenvalue weighted by molar-refractivity contribution is 5.78. The molecule has 2 rings (SSSR count). The predicted molar refractivity (Wildman–Crippen MR) is 350 cm³/mol. The summed E-state index contributed by atoms with van der Waals surface area (Å²) in [6.07, 6.45) is 25.8. The van der Waals surface area contributed by atoms with Crippen LogP contribution >= 0.6 is 0 Å². The van der Waals surface area contributed by atoms with Crippen LogP contribution in [0, 0.1) is 53.3 Å². The number of amides is 1. The Hall–Kier alpha value is -1.71. The lowest BCUT2D eigenvalue weighted by atomic mass is 10.0. The van der Waals surface area contributed by atoms with Gasteiger partial charge in [0.2, 0.25) is 5.91 Å². The fraction of sp³-hybridized carbons (Fsp3) is 0.955. The summed E-state index contributed by atoms with van der Waals surface area (Å²) in [5.41, 5.74) is 10.6. The molecule has 79 heavy (non-hydrogen) atoms. The largest absolute Gasteiger partial charge is 0.481 e. The number of hydrogen-bond donors (Lipinski definition) is 7. The van der Waals surface area contributed by atoms with Crippen molar-refractivity contribution >= 4 is 18.1 Å². The molecule has 0 saturated carbocycles. The second-order valence-corrected chi connectivity index (χ2v) is 25.8. The minimum absolute atomic E-state index is 0.133. The van der Waals surface area contributed by atoms with Crippen LogP contribution in [0.3, 0.4) is 0 Å². The molecule has 13 heteroatoms. The van der Waals surface area contributed by atoms with Gasteiger partial charge in [0.1, 0.15) is 6.17 Å². The van der Waals surface area contributed by atoms with Gasteiger partial charge >= 0.3 is 5.97 Å². The molecule has 1 amide bonds. The van der Waals surface area contributed by atoms with Gasteiger partial charge < -0.3 is 42.3 Å². The van der Waals surface area contributed by atoms with Gasteiger partial charge in [-0.3, -0.25) is 19.5 Å². The van der Waals surface area contributed by atoms with E-state index in [1.54, 1.807) is 6.92 Å². The van der Waals surface area contributed by atoms with E-state index in [0.717, 1.165) is 119 Å². The molecule has 0 aromatic heterocycles. The topological polar surface area (TPSA) is 173 Å². The highest BCUT2D eigenvalue weighted by Crippen LogP contribution is 2.27. The van der Waals surface area contributed by atoms with Gasteiger partial charge in [0.25, 0.3) is 0 Å². The van der Waals surface area contributed by atoms with Gasteiger partial charge in [0.05, 0.1) is 45.8 Å². The van der Waals surface area contributed by atoms with E-state index in [1.165, 1.54) is 121 Å². The molecule has 13 nitrogen and oxygen atoms in total. The van der Waals surface area contributed by atoms with Crippen LogP contribution in [-0.4, -0.2) is 156 Å². The number of nitrogens with one attached hydrogen (secondary N) is 4. The van der Waals surface area contributed by atoms with Crippen LogP contribution < -0.4 is 32.7 Å². The molecule has 0 aromatic carbocycles. The van der Waals surface area contributed by atoms with Crippen molar-refractivity contribution in [3.8, 4) is 0 Å². The summed E-state index contributed by atoms with van der Waals surface area (Å²) in [6, 6.07) is 0. The van der Waals surface area contributed by atoms with Gasteiger partial charge in [-0.05, 0) is 87.1 Å². The van der Waals surface area contributed by atoms with Gasteiger partial charge in [-0.2, -0.15) is 0 Å². The number of rotatable bonds is 38. The Labute approximate surface area is 494 Å². The maximum Gasteiger partial charge on any atom is 0.306 e. The van der Waals surface area contributed by atoms with Gasteiger partial charge in [0.15, 0.2) is 0 Å². The number of aliphatic imine (C=N–C) groups is 1. The lowest BCUT2D eigenvalue weighted by Gasteiger charge is -2.38. The van der Waals surface area contributed by atoms with Gasteiger partial charge in [-0.15, -0.1) is 0 Å². The van der Waals surface area contributed by atoms with E-state index in [-0.39, 0.29) is 17.7 Å². The average molecular weight is 1130 g/mol. The first-order valence-electron chi connectivity index (χ1n) is 33.3. The first kappa shape index (κ1) is 83.7. The lowest BCUT2D eigenvalue weighted by Crippen LogP contribution is -2.52. The van der Waals surface area contributed by atoms with Crippen molar-refractivity contribution in [2.24, 2.45) is 69.7 Å². The number of aliphatic carboxylic acids is 1. The molecular formula is C66H145N10O3+. The number of carboxylic acids is 1.